The Balaban J connectivity index is 1.86. The molecule has 1 heterocycles. The van der Waals surface area contributed by atoms with E-state index in [0.717, 1.165) is 24.2 Å². The van der Waals surface area contributed by atoms with Crippen molar-refractivity contribution in [2.45, 2.75) is 26.6 Å². The van der Waals surface area contributed by atoms with Crippen LogP contribution in [0.4, 0.5) is 0 Å². The van der Waals surface area contributed by atoms with Gasteiger partial charge in [0.1, 0.15) is 5.75 Å². The maximum absolute atomic E-state index is 9.88. The van der Waals surface area contributed by atoms with Crippen molar-refractivity contribution >= 4 is 11.6 Å². The molecule has 0 fully saturated rings. The number of hydrogen-bond donors (Lipinski definition) is 1. The number of aromatic hydroxyl groups is 1. The number of pyridine rings is 1. The zero-order chi connectivity index (χ0) is 17.6. The van der Waals surface area contributed by atoms with E-state index in [-0.39, 0.29) is 5.75 Å². The minimum absolute atomic E-state index is 0.122. The largest absolute Gasteiger partial charge is 0.506 e. The predicted octanol–water partition coefficient (Wildman–Crippen LogP) is 4.95. The fourth-order valence-corrected chi connectivity index (χ4v) is 3.06. The van der Waals surface area contributed by atoms with E-state index in [1.165, 1.54) is 11.1 Å². The van der Waals surface area contributed by atoms with E-state index >= 15 is 0 Å². The SMILES string of the molecule is Cc1ccccc1CN(Cc1cccnc1)Cc1cccc(O)c1Cl. The molecular formula is C21H21ClN2O. The highest BCUT2D eigenvalue weighted by molar-refractivity contribution is 6.32. The summed E-state index contributed by atoms with van der Waals surface area (Å²) in [4.78, 5) is 6.51. The standard InChI is InChI=1S/C21H21ClN2O/c1-16-6-2-3-8-18(16)14-24(13-17-7-5-11-23-12-17)15-19-9-4-10-20(25)21(19)22/h2-12,25H,13-15H2,1H3. The molecular weight excluding hydrogens is 332 g/mol. The summed E-state index contributed by atoms with van der Waals surface area (Å²) in [6.07, 6.45) is 3.66. The van der Waals surface area contributed by atoms with E-state index in [2.05, 4.69) is 47.1 Å². The molecule has 25 heavy (non-hydrogen) atoms. The first-order valence-electron chi connectivity index (χ1n) is 8.25. The lowest BCUT2D eigenvalue weighted by atomic mass is 10.1. The van der Waals surface area contributed by atoms with Gasteiger partial charge in [0, 0.05) is 32.0 Å². The molecule has 0 amide bonds. The topological polar surface area (TPSA) is 36.4 Å². The summed E-state index contributed by atoms with van der Waals surface area (Å²) in [5.74, 6) is 0.122. The monoisotopic (exact) mass is 352 g/mol. The Kier molecular flexibility index (Phi) is 5.69. The minimum atomic E-state index is 0.122. The van der Waals surface area contributed by atoms with Crippen LogP contribution >= 0.6 is 11.6 Å². The first kappa shape index (κ1) is 17.5. The zero-order valence-corrected chi connectivity index (χ0v) is 14.9. The molecule has 0 aliphatic heterocycles. The van der Waals surface area contributed by atoms with Crippen molar-refractivity contribution in [3.05, 3.63) is 94.3 Å². The minimum Gasteiger partial charge on any atom is -0.506 e. The van der Waals surface area contributed by atoms with E-state index in [9.17, 15) is 5.11 Å². The van der Waals surface area contributed by atoms with E-state index in [0.29, 0.717) is 11.6 Å². The van der Waals surface area contributed by atoms with Gasteiger partial charge in [-0.2, -0.15) is 0 Å². The summed E-state index contributed by atoms with van der Waals surface area (Å²) in [5, 5.41) is 10.3. The lowest BCUT2D eigenvalue weighted by molar-refractivity contribution is 0.246. The molecule has 0 spiro atoms. The molecule has 0 aliphatic carbocycles. The molecule has 0 unspecified atom stereocenters. The van der Waals surface area contributed by atoms with E-state index in [1.807, 2.05) is 24.4 Å². The fraction of sp³-hybridized carbons (Fsp3) is 0.190. The number of aryl methyl sites for hydroxylation is 1. The van der Waals surface area contributed by atoms with Crippen LogP contribution in [0.2, 0.25) is 5.02 Å². The molecule has 0 saturated carbocycles. The molecule has 4 heteroatoms. The second kappa shape index (κ2) is 8.15. The number of phenolic OH excluding ortho intramolecular Hbond substituents is 1. The predicted molar refractivity (Wildman–Crippen MR) is 101 cm³/mol. The number of hydrogen-bond acceptors (Lipinski definition) is 3. The van der Waals surface area contributed by atoms with Crippen LogP contribution in [0.25, 0.3) is 0 Å². The molecule has 0 aliphatic rings. The Bertz CT molecular complexity index is 836. The highest BCUT2D eigenvalue weighted by Crippen LogP contribution is 2.28. The molecule has 3 aromatic rings. The molecule has 3 nitrogen and oxygen atoms in total. The van der Waals surface area contributed by atoms with Crippen molar-refractivity contribution in [1.82, 2.24) is 9.88 Å². The number of nitrogens with zero attached hydrogens (tertiary/aromatic N) is 2. The number of phenols is 1. The van der Waals surface area contributed by atoms with Gasteiger partial charge in [0.15, 0.2) is 0 Å². The van der Waals surface area contributed by atoms with Crippen LogP contribution in [0.1, 0.15) is 22.3 Å². The van der Waals surface area contributed by atoms with Crippen molar-refractivity contribution in [2.75, 3.05) is 0 Å². The molecule has 128 valence electrons. The van der Waals surface area contributed by atoms with Gasteiger partial charge in [0.25, 0.3) is 0 Å². The smallest absolute Gasteiger partial charge is 0.134 e. The van der Waals surface area contributed by atoms with Crippen LogP contribution in [0.3, 0.4) is 0 Å². The number of halogens is 1. The van der Waals surface area contributed by atoms with Crippen LogP contribution in [0, 0.1) is 6.92 Å². The number of aromatic nitrogens is 1. The third-order valence-corrected chi connectivity index (χ3v) is 4.67. The van der Waals surface area contributed by atoms with E-state index < -0.39 is 0 Å². The van der Waals surface area contributed by atoms with Crippen molar-refractivity contribution < 1.29 is 5.11 Å². The number of rotatable bonds is 6. The summed E-state index contributed by atoms with van der Waals surface area (Å²) in [6, 6.07) is 17.8. The quantitative estimate of drug-likeness (QED) is 0.681. The van der Waals surface area contributed by atoms with Gasteiger partial charge in [-0.1, -0.05) is 54.1 Å². The van der Waals surface area contributed by atoms with E-state index in [1.54, 1.807) is 12.3 Å². The first-order chi connectivity index (χ1) is 12.1. The van der Waals surface area contributed by atoms with Crippen LogP contribution in [-0.2, 0) is 19.6 Å². The van der Waals surface area contributed by atoms with Gasteiger partial charge in [-0.25, -0.2) is 0 Å². The lowest BCUT2D eigenvalue weighted by Gasteiger charge is -2.24. The molecule has 3 rings (SSSR count). The Morgan fingerprint density at radius 2 is 1.68 bits per heavy atom. The molecule has 2 aromatic carbocycles. The van der Waals surface area contributed by atoms with Crippen LogP contribution < -0.4 is 0 Å². The van der Waals surface area contributed by atoms with Gasteiger partial charge in [-0.3, -0.25) is 9.88 Å². The number of benzene rings is 2. The third-order valence-electron chi connectivity index (χ3n) is 4.24. The fourth-order valence-electron chi connectivity index (χ4n) is 2.88. The Hall–Kier alpha value is -2.36. The lowest BCUT2D eigenvalue weighted by Crippen LogP contribution is -2.23. The van der Waals surface area contributed by atoms with Gasteiger partial charge in [0.2, 0.25) is 0 Å². The average Bonchev–Trinajstić information content (AvgIpc) is 2.62. The Morgan fingerprint density at radius 1 is 0.920 bits per heavy atom. The van der Waals surface area contributed by atoms with Crippen molar-refractivity contribution in [1.29, 1.82) is 0 Å². The average molecular weight is 353 g/mol. The second-order valence-corrected chi connectivity index (χ2v) is 6.56. The molecule has 1 N–H and O–H groups in total. The maximum Gasteiger partial charge on any atom is 0.134 e. The van der Waals surface area contributed by atoms with Crippen LogP contribution in [-0.4, -0.2) is 15.0 Å². The van der Waals surface area contributed by atoms with Gasteiger partial charge in [0.05, 0.1) is 5.02 Å². The van der Waals surface area contributed by atoms with E-state index in [4.69, 9.17) is 11.6 Å². The summed E-state index contributed by atoms with van der Waals surface area (Å²) >= 11 is 6.29. The summed E-state index contributed by atoms with van der Waals surface area (Å²) in [5.41, 5.74) is 4.61. The maximum atomic E-state index is 9.88. The highest BCUT2D eigenvalue weighted by atomic mass is 35.5. The highest BCUT2D eigenvalue weighted by Gasteiger charge is 2.13. The Morgan fingerprint density at radius 3 is 2.44 bits per heavy atom. The molecule has 0 radical (unpaired) electrons. The van der Waals surface area contributed by atoms with Crippen molar-refractivity contribution in [2.24, 2.45) is 0 Å². The van der Waals surface area contributed by atoms with Gasteiger partial charge in [-0.15, -0.1) is 0 Å². The van der Waals surface area contributed by atoms with Crippen LogP contribution in [0.5, 0.6) is 5.75 Å². The van der Waals surface area contributed by atoms with Crippen molar-refractivity contribution in [3.63, 3.8) is 0 Å². The molecule has 0 atom stereocenters. The summed E-state index contributed by atoms with van der Waals surface area (Å²) < 4.78 is 0. The Labute approximate surface area is 153 Å². The van der Waals surface area contributed by atoms with Crippen molar-refractivity contribution in [3.8, 4) is 5.75 Å². The summed E-state index contributed by atoms with van der Waals surface area (Å²) in [6.45, 7) is 4.33. The van der Waals surface area contributed by atoms with Crippen LogP contribution in [0.15, 0.2) is 67.0 Å². The molecule has 0 bridgehead atoms. The summed E-state index contributed by atoms with van der Waals surface area (Å²) in [7, 11) is 0. The zero-order valence-electron chi connectivity index (χ0n) is 14.2. The second-order valence-electron chi connectivity index (χ2n) is 6.18. The van der Waals surface area contributed by atoms with Gasteiger partial charge in [-0.05, 0) is 41.3 Å². The normalized spacial score (nSPS) is 11.0. The third kappa shape index (κ3) is 4.59. The van der Waals surface area contributed by atoms with Gasteiger partial charge >= 0.3 is 0 Å². The first-order valence-corrected chi connectivity index (χ1v) is 8.63. The molecule has 0 saturated heterocycles. The van der Waals surface area contributed by atoms with Gasteiger partial charge < -0.3 is 5.11 Å². The molecule has 1 aromatic heterocycles.